The van der Waals surface area contributed by atoms with Crippen LogP contribution in [-0.4, -0.2) is 51.1 Å². The van der Waals surface area contributed by atoms with Gasteiger partial charge in [-0.05, 0) is 25.5 Å². The molecule has 1 aliphatic heterocycles. The fourth-order valence-corrected chi connectivity index (χ4v) is 4.15. The van der Waals surface area contributed by atoms with Crippen LogP contribution < -0.4 is 15.8 Å². The number of hydrogen-bond donors (Lipinski definition) is 2. The minimum atomic E-state index is -3.10. The third-order valence-electron chi connectivity index (χ3n) is 3.53. The van der Waals surface area contributed by atoms with Gasteiger partial charge in [-0.2, -0.15) is 0 Å². The summed E-state index contributed by atoms with van der Waals surface area (Å²) in [5.41, 5.74) is 3.29. The molecule has 2 N–H and O–H groups in total. The van der Waals surface area contributed by atoms with Crippen LogP contribution in [0, 0.1) is 0 Å². The quantitative estimate of drug-likeness (QED) is 0.567. The van der Waals surface area contributed by atoms with Crippen molar-refractivity contribution in [3.8, 4) is 0 Å². The molecule has 1 saturated heterocycles. The molecule has 2 amide bonds. The van der Waals surface area contributed by atoms with Crippen molar-refractivity contribution in [3.05, 3.63) is 30.3 Å². The average molecular weight is 355 g/mol. The Hall–Kier alpha value is -2.29. The van der Waals surface area contributed by atoms with Crippen LogP contribution in [0.2, 0.25) is 0 Å². The van der Waals surface area contributed by atoms with Gasteiger partial charge in [-0.25, -0.2) is 18.6 Å². The van der Waals surface area contributed by atoms with Gasteiger partial charge in [0.1, 0.15) is 6.54 Å². The summed E-state index contributed by atoms with van der Waals surface area (Å²) in [7, 11) is -3.10. The Morgan fingerprint density at radius 2 is 2.00 bits per heavy atom. The van der Waals surface area contributed by atoms with Crippen molar-refractivity contribution < 1.29 is 22.7 Å². The number of urea groups is 1. The van der Waals surface area contributed by atoms with E-state index >= 15 is 0 Å². The number of nitrogens with one attached hydrogen (secondary N) is 2. The number of hydrazine groups is 1. The van der Waals surface area contributed by atoms with Gasteiger partial charge in [-0.15, -0.1) is 0 Å². The maximum absolute atomic E-state index is 12.0. The Labute approximate surface area is 141 Å². The van der Waals surface area contributed by atoms with Gasteiger partial charge in [0.25, 0.3) is 0 Å². The van der Waals surface area contributed by atoms with Crippen LogP contribution in [-0.2, 0) is 19.4 Å². The Morgan fingerprint density at radius 1 is 1.29 bits per heavy atom. The predicted molar refractivity (Wildman–Crippen MR) is 89.1 cm³/mol. The Morgan fingerprint density at radius 3 is 2.58 bits per heavy atom. The third-order valence-corrected chi connectivity index (χ3v) is 5.28. The molecule has 1 aromatic rings. The van der Waals surface area contributed by atoms with Gasteiger partial charge in [-0.1, -0.05) is 18.2 Å². The van der Waals surface area contributed by atoms with Crippen LogP contribution in [0.5, 0.6) is 0 Å². The van der Waals surface area contributed by atoms with Crippen LogP contribution in [0.3, 0.4) is 0 Å². The third kappa shape index (κ3) is 5.12. The molecule has 0 radical (unpaired) electrons. The second-order valence-electron chi connectivity index (χ2n) is 5.36. The molecule has 0 saturated carbocycles. The van der Waals surface area contributed by atoms with E-state index in [0.29, 0.717) is 12.1 Å². The highest BCUT2D eigenvalue weighted by Gasteiger charge is 2.33. The molecular weight excluding hydrogens is 334 g/mol. The maximum Gasteiger partial charge on any atom is 0.334 e. The van der Waals surface area contributed by atoms with Crippen LogP contribution >= 0.6 is 0 Å². The van der Waals surface area contributed by atoms with Gasteiger partial charge in [0.15, 0.2) is 9.84 Å². The topological polar surface area (TPSA) is 105 Å². The number of ether oxygens (including phenoxy) is 1. The highest BCUT2D eigenvalue weighted by atomic mass is 32.2. The number of nitrogens with zero attached hydrogens (tertiary/aromatic N) is 1. The number of para-hydroxylation sites is 1. The molecule has 1 heterocycles. The van der Waals surface area contributed by atoms with E-state index in [-0.39, 0.29) is 30.7 Å². The van der Waals surface area contributed by atoms with Crippen molar-refractivity contribution in [1.29, 1.82) is 0 Å². The smallest absolute Gasteiger partial charge is 0.334 e. The van der Waals surface area contributed by atoms with Crippen LogP contribution in [0.1, 0.15) is 13.3 Å². The molecule has 132 valence electrons. The van der Waals surface area contributed by atoms with Crippen LogP contribution in [0.25, 0.3) is 0 Å². The van der Waals surface area contributed by atoms with E-state index in [2.05, 4.69) is 10.7 Å². The number of esters is 1. The molecule has 0 aromatic heterocycles. The largest absolute Gasteiger partial charge is 0.465 e. The summed E-state index contributed by atoms with van der Waals surface area (Å²) in [6.07, 6.45) is 0.426. The lowest BCUT2D eigenvalue weighted by Crippen LogP contribution is -2.53. The zero-order valence-corrected chi connectivity index (χ0v) is 14.2. The molecule has 1 aliphatic rings. The molecule has 1 aromatic carbocycles. The van der Waals surface area contributed by atoms with E-state index in [1.165, 1.54) is 5.01 Å². The molecule has 1 atom stereocenters. The van der Waals surface area contributed by atoms with Gasteiger partial charge in [0, 0.05) is 0 Å². The van der Waals surface area contributed by atoms with Gasteiger partial charge in [0.05, 0.1) is 29.8 Å². The normalized spacial score (nSPS) is 18.6. The number of hydrogen-bond acceptors (Lipinski definition) is 6. The number of amides is 2. The highest BCUT2D eigenvalue weighted by molar-refractivity contribution is 7.91. The highest BCUT2D eigenvalue weighted by Crippen LogP contribution is 2.22. The molecule has 1 fully saturated rings. The van der Waals surface area contributed by atoms with E-state index in [9.17, 15) is 18.0 Å². The van der Waals surface area contributed by atoms with E-state index in [0.717, 1.165) is 0 Å². The van der Waals surface area contributed by atoms with Crippen LogP contribution in [0.15, 0.2) is 30.3 Å². The first-order valence-corrected chi connectivity index (χ1v) is 9.48. The zero-order chi connectivity index (χ0) is 17.6. The summed E-state index contributed by atoms with van der Waals surface area (Å²) < 4.78 is 28.2. The lowest BCUT2D eigenvalue weighted by atomic mass is 10.2. The van der Waals surface area contributed by atoms with Gasteiger partial charge in [-0.3, -0.25) is 9.80 Å². The molecule has 9 heteroatoms. The summed E-state index contributed by atoms with van der Waals surface area (Å²) in [4.78, 5) is 23.3. The lowest BCUT2D eigenvalue weighted by Gasteiger charge is -2.30. The first-order valence-electron chi connectivity index (χ1n) is 7.66. The van der Waals surface area contributed by atoms with Gasteiger partial charge < -0.3 is 10.1 Å². The maximum atomic E-state index is 12.0. The van der Waals surface area contributed by atoms with Crippen molar-refractivity contribution in [1.82, 2.24) is 10.7 Å². The average Bonchev–Trinajstić information content (AvgIpc) is 2.91. The first kappa shape index (κ1) is 18.1. The molecule has 0 bridgehead atoms. The summed E-state index contributed by atoms with van der Waals surface area (Å²) in [6.45, 7) is 1.65. The first-order chi connectivity index (χ1) is 11.4. The summed E-state index contributed by atoms with van der Waals surface area (Å²) in [6, 6.07) is 8.01. The Kier molecular flexibility index (Phi) is 6.02. The number of sulfone groups is 1. The second-order valence-corrected chi connectivity index (χ2v) is 7.59. The molecule has 0 aliphatic carbocycles. The monoisotopic (exact) mass is 355 g/mol. The lowest BCUT2D eigenvalue weighted by molar-refractivity contribution is -0.141. The van der Waals surface area contributed by atoms with Crippen LogP contribution in [0.4, 0.5) is 10.5 Å². The molecular formula is C15H21N3O5S. The predicted octanol–water partition coefficient (Wildman–Crippen LogP) is 0.457. The number of anilines is 1. The standard InChI is InChI=1S/C15H21N3O5S/c1-2-23-14(19)10-16-15(20)17-18(12-6-4-3-5-7-12)13-8-9-24(21,22)11-13/h3-7,13H,2,8-11H2,1H3,(H2,16,17,20)/t13-/m1/s1. The number of rotatable bonds is 6. The van der Waals surface area contributed by atoms with E-state index in [1.54, 1.807) is 31.2 Å². The molecule has 0 spiro atoms. The molecule has 2 rings (SSSR count). The molecule has 24 heavy (non-hydrogen) atoms. The van der Waals surface area contributed by atoms with Gasteiger partial charge in [0.2, 0.25) is 0 Å². The zero-order valence-electron chi connectivity index (χ0n) is 13.4. The summed E-state index contributed by atoms with van der Waals surface area (Å²) in [5, 5.41) is 3.93. The van der Waals surface area contributed by atoms with Crippen molar-refractivity contribution in [2.45, 2.75) is 19.4 Å². The fraction of sp³-hybridized carbons (Fsp3) is 0.467. The van der Waals surface area contributed by atoms with Crippen molar-refractivity contribution in [2.24, 2.45) is 0 Å². The van der Waals surface area contributed by atoms with Crippen molar-refractivity contribution in [2.75, 3.05) is 29.7 Å². The Balaban J connectivity index is 2.04. The van der Waals surface area contributed by atoms with Gasteiger partial charge >= 0.3 is 12.0 Å². The molecule has 0 unspecified atom stereocenters. The summed E-state index contributed by atoms with van der Waals surface area (Å²) in [5.74, 6) is -0.477. The Bertz CT molecular complexity index is 678. The number of carbonyl (C=O) groups is 2. The SMILES string of the molecule is CCOC(=O)CNC(=O)NN(c1ccccc1)[C@@H]1CCS(=O)(=O)C1. The number of benzene rings is 1. The van der Waals surface area contributed by atoms with Crippen molar-refractivity contribution >= 4 is 27.5 Å². The minimum absolute atomic E-state index is 0.0277. The molecule has 8 nitrogen and oxygen atoms in total. The van der Waals surface area contributed by atoms with E-state index < -0.39 is 21.8 Å². The summed E-state index contributed by atoms with van der Waals surface area (Å²) >= 11 is 0. The van der Waals surface area contributed by atoms with E-state index in [4.69, 9.17) is 4.74 Å². The fourth-order valence-electron chi connectivity index (χ4n) is 2.45. The van der Waals surface area contributed by atoms with Crippen molar-refractivity contribution in [3.63, 3.8) is 0 Å². The second kappa shape index (κ2) is 8.00. The number of carbonyl (C=O) groups excluding carboxylic acids is 2. The minimum Gasteiger partial charge on any atom is -0.465 e. The van der Waals surface area contributed by atoms with E-state index in [1.807, 2.05) is 6.07 Å².